The van der Waals surface area contributed by atoms with Gasteiger partial charge in [0.2, 0.25) is 0 Å². The van der Waals surface area contributed by atoms with E-state index in [1.54, 1.807) is 12.1 Å². The Labute approximate surface area is 123 Å². The van der Waals surface area contributed by atoms with Crippen LogP contribution in [0.4, 0.5) is 4.39 Å². The van der Waals surface area contributed by atoms with Crippen molar-refractivity contribution in [3.8, 4) is 0 Å². The van der Waals surface area contributed by atoms with Gasteiger partial charge in [-0.15, -0.1) is 0 Å². The molecule has 1 saturated carbocycles. The van der Waals surface area contributed by atoms with Crippen LogP contribution >= 0.6 is 0 Å². The van der Waals surface area contributed by atoms with E-state index in [1.807, 2.05) is 0 Å². The first kappa shape index (κ1) is 15.6. The van der Waals surface area contributed by atoms with E-state index in [4.69, 9.17) is 0 Å². The zero-order valence-corrected chi connectivity index (χ0v) is 12.9. The molecule has 4 heteroatoms. The zero-order valence-electron chi connectivity index (χ0n) is 12.1. The predicted molar refractivity (Wildman–Crippen MR) is 81.8 cm³/mol. The van der Waals surface area contributed by atoms with Gasteiger partial charge in [0.05, 0.1) is 16.0 Å². The first-order valence-electron chi connectivity index (χ1n) is 7.62. The van der Waals surface area contributed by atoms with E-state index >= 15 is 0 Å². The number of nitrogens with one attached hydrogen (secondary N) is 1. The fourth-order valence-electron chi connectivity index (χ4n) is 2.86. The second kappa shape index (κ2) is 7.89. The summed E-state index contributed by atoms with van der Waals surface area (Å²) in [5.74, 6) is -0.303. The Kier molecular flexibility index (Phi) is 6.17. The van der Waals surface area contributed by atoms with E-state index in [2.05, 4.69) is 12.2 Å². The molecule has 112 valence electrons. The van der Waals surface area contributed by atoms with Crippen LogP contribution < -0.4 is 5.32 Å². The highest BCUT2D eigenvalue weighted by Gasteiger charge is 2.29. The third-order valence-electron chi connectivity index (χ3n) is 3.91. The van der Waals surface area contributed by atoms with Gasteiger partial charge >= 0.3 is 0 Å². The highest BCUT2D eigenvalue weighted by molar-refractivity contribution is 7.85. The lowest BCUT2D eigenvalue weighted by molar-refractivity contribution is 0.462. The summed E-state index contributed by atoms with van der Waals surface area (Å²) in [5, 5.41) is 3.64. The molecule has 0 aromatic heterocycles. The van der Waals surface area contributed by atoms with Crippen molar-refractivity contribution >= 4 is 10.8 Å². The quantitative estimate of drug-likeness (QED) is 0.841. The largest absolute Gasteiger partial charge is 0.313 e. The molecule has 1 aliphatic carbocycles. The normalized spacial score (nSPS) is 25.1. The minimum atomic E-state index is -1.13. The van der Waals surface area contributed by atoms with Gasteiger partial charge in [0.1, 0.15) is 5.82 Å². The van der Waals surface area contributed by atoms with Crippen molar-refractivity contribution in [3.63, 3.8) is 0 Å². The second-order valence-electron chi connectivity index (χ2n) is 5.49. The number of hydrogen-bond donors (Lipinski definition) is 1. The highest BCUT2D eigenvalue weighted by atomic mass is 32.2. The minimum Gasteiger partial charge on any atom is -0.313 e. The molecule has 0 bridgehead atoms. The summed E-state index contributed by atoms with van der Waals surface area (Å²) in [6.45, 7) is 3.10. The summed E-state index contributed by atoms with van der Waals surface area (Å²) >= 11 is 0. The standard InChI is InChI=1S/C16H24FNOS/c1-2-11-18-15-9-4-3-5-10-16(15)20(19)14-8-6-7-13(17)12-14/h6-8,12,15-16,18H,2-5,9-11H2,1H3. The molecule has 0 radical (unpaired) electrons. The van der Waals surface area contributed by atoms with Crippen LogP contribution in [-0.2, 0) is 10.8 Å². The maximum atomic E-state index is 13.3. The molecule has 0 saturated heterocycles. The SMILES string of the molecule is CCCNC1CCCCCC1S(=O)c1cccc(F)c1. The van der Waals surface area contributed by atoms with Gasteiger partial charge in [-0.05, 0) is 44.0 Å². The summed E-state index contributed by atoms with van der Waals surface area (Å²) in [7, 11) is -1.13. The molecule has 20 heavy (non-hydrogen) atoms. The number of hydrogen-bond acceptors (Lipinski definition) is 2. The van der Waals surface area contributed by atoms with Crippen LogP contribution in [0.25, 0.3) is 0 Å². The molecule has 2 nitrogen and oxygen atoms in total. The molecule has 1 aromatic carbocycles. The maximum Gasteiger partial charge on any atom is 0.124 e. The first-order chi connectivity index (χ1) is 9.72. The van der Waals surface area contributed by atoms with Crippen molar-refractivity contribution in [1.82, 2.24) is 5.32 Å². The van der Waals surface area contributed by atoms with Crippen molar-refractivity contribution in [2.45, 2.75) is 61.6 Å². The van der Waals surface area contributed by atoms with Crippen molar-refractivity contribution < 1.29 is 8.60 Å². The van der Waals surface area contributed by atoms with Crippen molar-refractivity contribution in [2.24, 2.45) is 0 Å². The van der Waals surface area contributed by atoms with E-state index < -0.39 is 10.8 Å². The Bertz CT molecular complexity index is 452. The highest BCUT2D eigenvalue weighted by Crippen LogP contribution is 2.26. The fraction of sp³-hybridized carbons (Fsp3) is 0.625. The summed E-state index contributed by atoms with van der Waals surface area (Å²) in [4.78, 5) is 0.625. The third kappa shape index (κ3) is 4.13. The topological polar surface area (TPSA) is 29.1 Å². The van der Waals surface area contributed by atoms with Crippen LogP contribution in [0.5, 0.6) is 0 Å². The summed E-state index contributed by atoms with van der Waals surface area (Å²) in [6.07, 6.45) is 6.64. The van der Waals surface area contributed by atoms with E-state index in [0.717, 1.165) is 32.2 Å². The van der Waals surface area contributed by atoms with E-state index in [9.17, 15) is 8.60 Å². The first-order valence-corrected chi connectivity index (χ1v) is 8.83. The van der Waals surface area contributed by atoms with Gasteiger partial charge in [-0.1, -0.05) is 32.3 Å². The Balaban J connectivity index is 2.14. The predicted octanol–water partition coefficient (Wildman–Crippen LogP) is 3.63. The Morgan fingerprint density at radius 2 is 2.10 bits per heavy atom. The smallest absolute Gasteiger partial charge is 0.124 e. The molecule has 1 N–H and O–H groups in total. The van der Waals surface area contributed by atoms with Crippen molar-refractivity contribution in [1.29, 1.82) is 0 Å². The molecule has 3 unspecified atom stereocenters. The lowest BCUT2D eigenvalue weighted by Crippen LogP contribution is -2.41. The van der Waals surface area contributed by atoms with Gasteiger partial charge in [-0.3, -0.25) is 4.21 Å². The number of benzene rings is 1. The average Bonchev–Trinajstić information content (AvgIpc) is 2.69. The van der Waals surface area contributed by atoms with Gasteiger partial charge in [-0.25, -0.2) is 4.39 Å². The lowest BCUT2D eigenvalue weighted by Gasteiger charge is -2.25. The molecule has 0 amide bonds. The van der Waals surface area contributed by atoms with Crippen molar-refractivity contribution in [3.05, 3.63) is 30.1 Å². The van der Waals surface area contributed by atoms with Gasteiger partial charge in [-0.2, -0.15) is 0 Å². The van der Waals surface area contributed by atoms with Gasteiger partial charge in [0.25, 0.3) is 0 Å². The van der Waals surface area contributed by atoms with Crippen LogP contribution in [-0.4, -0.2) is 22.0 Å². The second-order valence-corrected chi connectivity index (χ2v) is 7.16. The molecule has 1 aromatic rings. The van der Waals surface area contributed by atoms with Crippen LogP contribution in [0.15, 0.2) is 29.2 Å². The number of halogens is 1. The lowest BCUT2D eigenvalue weighted by atomic mass is 10.1. The fourth-order valence-corrected chi connectivity index (χ4v) is 4.56. The van der Waals surface area contributed by atoms with E-state index in [1.165, 1.54) is 25.0 Å². The monoisotopic (exact) mass is 297 g/mol. The molecular weight excluding hydrogens is 273 g/mol. The molecule has 0 spiro atoms. The average molecular weight is 297 g/mol. The summed E-state index contributed by atoms with van der Waals surface area (Å²) in [6, 6.07) is 6.54. The minimum absolute atomic E-state index is 0.103. The molecule has 0 aliphatic heterocycles. The maximum absolute atomic E-state index is 13.3. The molecule has 1 aliphatic rings. The zero-order chi connectivity index (χ0) is 14.4. The summed E-state index contributed by atoms with van der Waals surface area (Å²) in [5.41, 5.74) is 0. The third-order valence-corrected chi connectivity index (χ3v) is 5.75. The van der Waals surface area contributed by atoms with Crippen LogP contribution in [0.2, 0.25) is 0 Å². The molecule has 0 heterocycles. The van der Waals surface area contributed by atoms with E-state index in [-0.39, 0.29) is 11.1 Å². The van der Waals surface area contributed by atoms with Crippen molar-refractivity contribution in [2.75, 3.05) is 6.54 Å². The Morgan fingerprint density at radius 1 is 1.30 bits per heavy atom. The molecule has 2 rings (SSSR count). The van der Waals surface area contributed by atoms with Gasteiger partial charge < -0.3 is 5.32 Å². The van der Waals surface area contributed by atoms with Crippen LogP contribution in [0, 0.1) is 5.82 Å². The van der Waals surface area contributed by atoms with Gasteiger partial charge in [0, 0.05) is 10.9 Å². The number of rotatable bonds is 5. The van der Waals surface area contributed by atoms with E-state index in [0.29, 0.717) is 10.9 Å². The van der Waals surface area contributed by atoms with Gasteiger partial charge in [0.15, 0.2) is 0 Å². The molecule has 3 atom stereocenters. The Morgan fingerprint density at radius 3 is 2.85 bits per heavy atom. The Hall–Kier alpha value is -0.740. The van der Waals surface area contributed by atoms with Crippen LogP contribution in [0.1, 0.15) is 45.4 Å². The molecule has 1 fully saturated rings. The molecular formula is C16H24FNOS. The van der Waals surface area contributed by atoms with Crippen LogP contribution in [0.3, 0.4) is 0 Å². The summed E-state index contributed by atoms with van der Waals surface area (Å²) < 4.78 is 26.1.